The predicted octanol–water partition coefficient (Wildman–Crippen LogP) is 5.09. The molecule has 2 aromatic carbocycles. The number of ether oxygens (including phenoxy) is 2. The van der Waals surface area contributed by atoms with Crippen molar-refractivity contribution in [1.82, 2.24) is 0 Å². The lowest BCUT2D eigenvalue weighted by atomic mass is 10.0. The first-order chi connectivity index (χ1) is 10.0. The molecule has 0 saturated carbocycles. The molecular formula is C16H15BrF2O2. The Morgan fingerprint density at radius 3 is 2.38 bits per heavy atom. The molecule has 0 fully saturated rings. The highest BCUT2D eigenvalue weighted by Gasteiger charge is 2.13. The van der Waals surface area contributed by atoms with Gasteiger partial charge in [-0.1, -0.05) is 40.2 Å². The number of rotatable bonds is 5. The van der Waals surface area contributed by atoms with Crippen molar-refractivity contribution in [3.05, 3.63) is 59.2 Å². The molecule has 0 N–H and O–H groups in total. The normalized spacial score (nSPS) is 12.3. The van der Waals surface area contributed by atoms with Gasteiger partial charge in [0.1, 0.15) is 11.5 Å². The molecule has 0 spiro atoms. The Morgan fingerprint density at radius 2 is 1.76 bits per heavy atom. The summed E-state index contributed by atoms with van der Waals surface area (Å²) in [6, 6.07) is 12.5. The third kappa shape index (κ3) is 3.94. The van der Waals surface area contributed by atoms with E-state index in [1.54, 1.807) is 19.2 Å². The molecule has 0 saturated heterocycles. The van der Waals surface area contributed by atoms with Crippen molar-refractivity contribution in [2.45, 2.75) is 18.4 Å². The van der Waals surface area contributed by atoms with Gasteiger partial charge < -0.3 is 9.47 Å². The summed E-state index contributed by atoms with van der Waals surface area (Å²) < 4.78 is 34.2. The van der Waals surface area contributed by atoms with Gasteiger partial charge in [-0.25, -0.2) is 0 Å². The van der Waals surface area contributed by atoms with Crippen LogP contribution in [0.15, 0.2) is 42.5 Å². The zero-order valence-electron chi connectivity index (χ0n) is 11.6. The van der Waals surface area contributed by atoms with Crippen LogP contribution in [0.3, 0.4) is 0 Å². The molecule has 5 heteroatoms. The van der Waals surface area contributed by atoms with E-state index in [4.69, 9.17) is 4.74 Å². The van der Waals surface area contributed by atoms with Crippen molar-refractivity contribution < 1.29 is 18.3 Å². The average molecular weight is 357 g/mol. The summed E-state index contributed by atoms with van der Waals surface area (Å²) in [5.74, 6) is 0.963. The molecule has 0 bridgehead atoms. The van der Waals surface area contributed by atoms with Gasteiger partial charge in [0.25, 0.3) is 0 Å². The summed E-state index contributed by atoms with van der Waals surface area (Å²) in [4.78, 5) is -0.108. The molecule has 2 nitrogen and oxygen atoms in total. The van der Waals surface area contributed by atoms with Gasteiger partial charge in [0.2, 0.25) is 0 Å². The van der Waals surface area contributed by atoms with E-state index >= 15 is 0 Å². The van der Waals surface area contributed by atoms with Crippen LogP contribution in [0, 0.1) is 6.92 Å². The fraction of sp³-hybridized carbons (Fsp3) is 0.250. The van der Waals surface area contributed by atoms with E-state index in [-0.39, 0.29) is 10.6 Å². The third-order valence-corrected chi connectivity index (χ3v) is 4.14. The fourth-order valence-corrected chi connectivity index (χ4v) is 2.67. The molecule has 0 aliphatic carbocycles. The Hall–Kier alpha value is -1.62. The number of halogens is 3. The molecule has 21 heavy (non-hydrogen) atoms. The van der Waals surface area contributed by atoms with Gasteiger partial charge >= 0.3 is 6.61 Å². The SMILES string of the molecule is COc1ccc(C(Br)c2cccc(OC(F)F)c2)cc1C. The molecule has 0 amide bonds. The number of aryl methyl sites for hydroxylation is 1. The summed E-state index contributed by atoms with van der Waals surface area (Å²) in [6.07, 6.45) is 0. The van der Waals surface area contributed by atoms with E-state index in [1.165, 1.54) is 6.07 Å². The molecule has 0 heterocycles. The topological polar surface area (TPSA) is 18.5 Å². The average Bonchev–Trinajstić information content (AvgIpc) is 2.46. The van der Waals surface area contributed by atoms with Gasteiger partial charge in [-0.2, -0.15) is 8.78 Å². The summed E-state index contributed by atoms with van der Waals surface area (Å²) in [5.41, 5.74) is 2.87. The first-order valence-electron chi connectivity index (χ1n) is 6.34. The molecule has 112 valence electrons. The second-order valence-electron chi connectivity index (χ2n) is 4.54. The first-order valence-corrected chi connectivity index (χ1v) is 7.26. The van der Waals surface area contributed by atoms with E-state index in [2.05, 4.69) is 20.7 Å². The quantitative estimate of drug-likeness (QED) is 0.694. The molecule has 0 aliphatic heterocycles. The summed E-state index contributed by atoms with van der Waals surface area (Å²) in [7, 11) is 1.62. The highest BCUT2D eigenvalue weighted by atomic mass is 79.9. The molecule has 2 aromatic rings. The van der Waals surface area contributed by atoms with Crippen molar-refractivity contribution in [3.63, 3.8) is 0 Å². The van der Waals surface area contributed by atoms with Gasteiger partial charge in [0, 0.05) is 0 Å². The lowest BCUT2D eigenvalue weighted by Crippen LogP contribution is -2.02. The van der Waals surface area contributed by atoms with E-state index in [0.717, 1.165) is 22.4 Å². The maximum absolute atomic E-state index is 12.3. The molecular weight excluding hydrogens is 342 g/mol. The summed E-state index contributed by atoms with van der Waals surface area (Å²) in [5, 5.41) is 0. The van der Waals surface area contributed by atoms with E-state index in [0.29, 0.717) is 0 Å². The van der Waals surface area contributed by atoms with E-state index in [9.17, 15) is 8.78 Å². The van der Waals surface area contributed by atoms with Gasteiger partial charge in [-0.15, -0.1) is 0 Å². The first kappa shape index (κ1) is 15.8. The van der Waals surface area contributed by atoms with Crippen molar-refractivity contribution in [2.24, 2.45) is 0 Å². The Kier molecular flexibility index (Phi) is 5.17. The van der Waals surface area contributed by atoms with Gasteiger partial charge in [0.05, 0.1) is 11.9 Å². The minimum absolute atomic E-state index is 0.108. The van der Waals surface area contributed by atoms with Crippen LogP contribution in [0.4, 0.5) is 8.78 Å². The highest BCUT2D eigenvalue weighted by molar-refractivity contribution is 9.09. The Balaban J connectivity index is 2.27. The minimum atomic E-state index is -2.82. The number of benzene rings is 2. The molecule has 0 aliphatic rings. The Labute approximate surface area is 130 Å². The monoisotopic (exact) mass is 356 g/mol. The standard InChI is InChI=1S/C16H15BrF2O2/c1-10-8-12(6-7-14(10)20-2)15(17)11-4-3-5-13(9-11)21-16(18)19/h3-9,15-16H,1-2H3. The Morgan fingerprint density at radius 1 is 1.05 bits per heavy atom. The smallest absolute Gasteiger partial charge is 0.387 e. The second kappa shape index (κ2) is 6.89. The molecule has 2 rings (SSSR count). The second-order valence-corrected chi connectivity index (χ2v) is 5.46. The molecule has 0 radical (unpaired) electrons. The van der Waals surface area contributed by atoms with Crippen LogP contribution >= 0.6 is 15.9 Å². The maximum Gasteiger partial charge on any atom is 0.387 e. The Bertz CT molecular complexity index is 617. The largest absolute Gasteiger partial charge is 0.496 e. The third-order valence-electron chi connectivity index (χ3n) is 3.09. The van der Waals surface area contributed by atoms with Crippen LogP contribution < -0.4 is 9.47 Å². The number of hydrogen-bond donors (Lipinski definition) is 0. The van der Waals surface area contributed by atoms with Crippen LogP contribution in [0.25, 0.3) is 0 Å². The highest BCUT2D eigenvalue weighted by Crippen LogP contribution is 2.34. The van der Waals surface area contributed by atoms with Crippen LogP contribution in [0.5, 0.6) is 11.5 Å². The van der Waals surface area contributed by atoms with Crippen LogP contribution in [0.2, 0.25) is 0 Å². The zero-order chi connectivity index (χ0) is 15.4. The molecule has 1 atom stereocenters. The number of alkyl halides is 3. The molecule has 1 unspecified atom stereocenters. The van der Waals surface area contributed by atoms with Crippen molar-refractivity contribution >= 4 is 15.9 Å². The van der Waals surface area contributed by atoms with Crippen LogP contribution in [0.1, 0.15) is 21.5 Å². The summed E-state index contributed by atoms with van der Waals surface area (Å²) >= 11 is 3.59. The van der Waals surface area contributed by atoms with Crippen LogP contribution in [-0.4, -0.2) is 13.7 Å². The van der Waals surface area contributed by atoms with Crippen LogP contribution in [-0.2, 0) is 0 Å². The van der Waals surface area contributed by atoms with Gasteiger partial charge in [-0.05, 0) is 41.8 Å². The van der Waals surface area contributed by atoms with Crippen molar-refractivity contribution in [1.29, 1.82) is 0 Å². The van der Waals surface area contributed by atoms with E-state index in [1.807, 2.05) is 31.2 Å². The maximum atomic E-state index is 12.3. The van der Waals surface area contributed by atoms with Gasteiger partial charge in [-0.3, -0.25) is 0 Å². The van der Waals surface area contributed by atoms with E-state index < -0.39 is 6.61 Å². The lowest BCUT2D eigenvalue weighted by molar-refractivity contribution is -0.0498. The fourth-order valence-electron chi connectivity index (χ4n) is 2.10. The lowest BCUT2D eigenvalue weighted by Gasteiger charge is -2.14. The minimum Gasteiger partial charge on any atom is -0.496 e. The number of methoxy groups -OCH3 is 1. The predicted molar refractivity (Wildman–Crippen MR) is 81.6 cm³/mol. The zero-order valence-corrected chi connectivity index (χ0v) is 13.2. The molecule has 0 aromatic heterocycles. The van der Waals surface area contributed by atoms with Crippen molar-refractivity contribution in [2.75, 3.05) is 7.11 Å². The van der Waals surface area contributed by atoms with Crippen molar-refractivity contribution in [3.8, 4) is 11.5 Å². The van der Waals surface area contributed by atoms with Gasteiger partial charge in [0.15, 0.2) is 0 Å². The summed E-state index contributed by atoms with van der Waals surface area (Å²) in [6.45, 7) is -0.865. The number of hydrogen-bond acceptors (Lipinski definition) is 2.